The van der Waals surface area contributed by atoms with E-state index in [-0.39, 0.29) is 11.7 Å². The molecule has 2 aliphatic heterocycles. The second-order valence-electron chi connectivity index (χ2n) is 6.39. The minimum Gasteiger partial charge on any atom is -0.329 e. The Bertz CT molecular complexity index is 653. The number of nitrogens with one attached hydrogen (secondary N) is 1. The zero-order chi connectivity index (χ0) is 17.3. The van der Waals surface area contributed by atoms with Crippen molar-refractivity contribution in [1.82, 2.24) is 9.80 Å². The number of carbonyl (C=O) groups is 2. The SMILES string of the molecule is CC[C@@H]1CN2CCC[C@H]2CN1C(=O)C(=O)Nc1ccc(F)c(F)c1. The Hall–Kier alpha value is -2.02. The van der Waals surface area contributed by atoms with E-state index in [1.807, 2.05) is 6.92 Å². The first-order chi connectivity index (χ1) is 11.5. The molecular weight excluding hydrogens is 316 g/mol. The summed E-state index contributed by atoms with van der Waals surface area (Å²) in [6, 6.07) is 3.33. The number of piperazine rings is 1. The topological polar surface area (TPSA) is 52.7 Å². The van der Waals surface area contributed by atoms with Crippen LogP contribution in [0, 0.1) is 11.6 Å². The molecule has 2 saturated heterocycles. The summed E-state index contributed by atoms with van der Waals surface area (Å²) >= 11 is 0. The second-order valence-corrected chi connectivity index (χ2v) is 6.39. The predicted octanol–water partition coefficient (Wildman–Crippen LogP) is 1.99. The number of benzene rings is 1. The van der Waals surface area contributed by atoms with Crippen LogP contribution in [0.2, 0.25) is 0 Å². The van der Waals surface area contributed by atoms with E-state index in [0.29, 0.717) is 12.6 Å². The van der Waals surface area contributed by atoms with E-state index >= 15 is 0 Å². The van der Waals surface area contributed by atoms with Crippen molar-refractivity contribution in [2.24, 2.45) is 0 Å². The Morgan fingerprint density at radius 2 is 2.04 bits per heavy atom. The number of hydrogen-bond donors (Lipinski definition) is 1. The van der Waals surface area contributed by atoms with Gasteiger partial charge in [-0.1, -0.05) is 6.92 Å². The van der Waals surface area contributed by atoms with E-state index in [4.69, 9.17) is 0 Å². The van der Waals surface area contributed by atoms with Crippen molar-refractivity contribution in [3.05, 3.63) is 29.8 Å². The molecule has 5 nitrogen and oxygen atoms in total. The summed E-state index contributed by atoms with van der Waals surface area (Å²) in [4.78, 5) is 28.8. The quantitative estimate of drug-likeness (QED) is 0.840. The van der Waals surface area contributed by atoms with Gasteiger partial charge in [-0.15, -0.1) is 0 Å². The van der Waals surface area contributed by atoms with Crippen LogP contribution in [-0.4, -0.2) is 53.3 Å². The van der Waals surface area contributed by atoms with Crippen molar-refractivity contribution in [3.63, 3.8) is 0 Å². The lowest BCUT2D eigenvalue weighted by Gasteiger charge is -2.43. The van der Waals surface area contributed by atoms with Crippen molar-refractivity contribution in [2.75, 3.05) is 25.0 Å². The largest absolute Gasteiger partial charge is 0.329 e. The smallest absolute Gasteiger partial charge is 0.313 e. The lowest BCUT2D eigenvalue weighted by atomic mass is 10.0. The standard InChI is InChI=1S/C17H21F2N3O2/c1-2-12-9-21-7-3-4-13(21)10-22(12)17(24)16(23)20-11-5-6-14(18)15(19)8-11/h5-6,8,12-13H,2-4,7,9-10H2,1H3,(H,20,23)/t12-,13+/m1/s1. The van der Waals surface area contributed by atoms with Gasteiger partial charge in [0, 0.05) is 36.9 Å². The monoisotopic (exact) mass is 337 g/mol. The Labute approximate surface area is 139 Å². The predicted molar refractivity (Wildman–Crippen MR) is 85.4 cm³/mol. The Kier molecular flexibility index (Phi) is 4.80. The third-order valence-electron chi connectivity index (χ3n) is 4.90. The molecule has 0 radical (unpaired) electrons. The van der Waals surface area contributed by atoms with E-state index in [9.17, 15) is 18.4 Å². The van der Waals surface area contributed by atoms with Gasteiger partial charge < -0.3 is 10.2 Å². The van der Waals surface area contributed by atoms with Crippen molar-refractivity contribution in [1.29, 1.82) is 0 Å². The fourth-order valence-corrected chi connectivity index (χ4v) is 3.57. The minimum atomic E-state index is -1.06. The van der Waals surface area contributed by atoms with Gasteiger partial charge in [0.25, 0.3) is 0 Å². The summed E-state index contributed by atoms with van der Waals surface area (Å²) in [5, 5.41) is 2.36. The van der Waals surface area contributed by atoms with Crippen molar-refractivity contribution >= 4 is 17.5 Å². The maximum Gasteiger partial charge on any atom is 0.313 e. The molecule has 7 heteroatoms. The zero-order valence-corrected chi connectivity index (χ0v) is 13.6. The first kappa shape index (κ1) is 16.8. The number of halogens is 2. The maximum atomic E-state index is 13.2. The minimum absolute atomic E-state index is 0.00236. The average molecular weight is 337 g/mol. The first-order valence-electron chi connectivity index (χ1n) is 8.30. The average Bonchev–Trinajstić information content (AvgIpc) is 3.03. The summed E-state index contributed by atoms with van der Waals surface area (Å²) in [5.41, 5.74) is 0.0693. The number of hydrogen-bond acceptors (Lipinski definition) is 3. The highest BCUT2D eigenvalue weighted by atomic mass is 19.2. The molecule has 2 atom stereocenters. The number of anilines is 1. The summed E-state index contributed by atoms with van der Waals surface area (Å²) in [7, 11) is 0. The molecule has 130 valence electrons. The second kappa shape index (κ2) is 6.84. The molecule has 24 heavy (non-hydrogen) atoms. The Morgan fingerprint density at radius 3 is 2.75 bits per heavy atom. The molecule has 0 saturated carbocycles. The number of fused-ring (bicyclic) bond motifs is 1. The lowest BCUT2D eigenvalue weighted by molar-refractivity contribution is -0.147. The van der Waals surface area contributed by atoms with E-state index in [2.05, 4.69) is 10.2 Å². The summed E-state index contributed by atoms with van der Waals surface area (Å²) in [5.74, 6) is -3.49. The van der Waals surface area contributed by atoms with Crippen LogP contribution in [0.25, 0.3) is 0 Å². The molecule has 0 unspecified atom stereocenters. The number of nitrogens with zero attached hydrogens (tertiary/aromatic N) is 2. The van der Waals surface area contributed by atoms with Gasteiger partial charge in [-0.2, -0.15) is 0 Å². The molecule has 3 rings (SSSR count). The number of amides is 2. The molecule has 2 aliphatic rings. The van der Waals surface area contributed by atoms with Gasteiger partial charge in [-0.3, -0.25) is 14.5 Å². The highest BCUT2D eigenvalue weighted by molar-refractivity contribution is 6.39. The van der Waals surface area contributed by atoms with Crippen LogP contribution in [0.5, 0.6) is 0 Å². The fraction of sp³-hybridized carbons (Fsp3) is 0.529. The van der Waals surface area contributed by atoms with Crippen LogP contribution in [-0.2, 0) is 9.59 Å². The zero-order valence-electron chi connectivity index (χ0n) is 13.6. The molecular formula is C17H21F2N3O2. The van der Waals surface area contributed by atoms with Crippen molar-refractivity contribution < 1.29 is 18.4 Å². The third-order valence-corrected chi connectivity index (χ3v) is 4.90. The van der Waals surface area contributed by atoms with Gasteiger partial charge >= 0.3 is 11.8 Å². The van der Waals surface area contributed by atoms with Gasteiger partial charge in [0.2, 0.25) is 0 Å². The Morgan fingerprint density at radius 1 is 1.25 bits per heavy atom. The molecule has 2 heterocycles. The van der Waals surface area contributed by atoms with Crippen LogP contribution in [0.3, 0.4) is 0 Å². The van der Waals surface area contributed by atoms with E-state index in [1.54, 1.807) is 4.90 Å². The third kappa shape index (κ3) is 3.26. The van der Waals surface area contributed by atoms with Gasteiger partial charge in [-0.25, -0.2) is 8.78 Å². The molecule has 0 aliphatic carbocycles. The van der Waals surface area contributed by atoms with E-state index < -0.39 is 23.4 Å². The summed E-state index contributed by atoms with van der Waals surface area (Å²) in [6.07, 6.45) is 2.92. The summed E-state index contributed by atoms with van der Waals surface area (Å²) < 4.78 is 26.2. The number of carbonyl (C=O) groups excluding carboxylic acids is 2. The van der Waals surface area contributed by atoms with Gasteiger partial charge in [0.15, 0.2) is 11.6 Å². The Balaban J connectivity index is 1.69. The summed E-state index contributed by atoms with van der Waals surface area (Å²) in [6.45, 7) is 4.37. The molecule has 0 spiro atoms. The highest BCUT2D eigenvalue weighted by Gasteiger charge is 2.39. The maximum absolute atomic E-state index is 13.2. The molecule has 0 bridgehead atoms. The molecule has 1 N–H and O–H groups in total. The fourth-order valence-electron chi connectivity index (χ4n) is 3.57. The molecule has 2 fully saturated rings. The van der Waals surface area contributed by atoms with Gasteiger partial charge in [0.05, 0.1) is 0 Å². The number of rotatable bonds is 2. The van der Waals surface area contributed by atoms with Crippen LogP contribution < -0.4 is 5.32 Å². The van der Waals surface area contributed by atoms with Crippen molar-refractivity contribution in [2.45, 2.75) is 38.3 Å². The molecule has 1 aromatic carbocycles. The highest BCUT2D eigenvalue weighted by Crippen LogP contribution is 2.26. The van der Waals surface area contributed by atoms with Crippen LogP contribution in [0.1, 0.15) is 26.2 Å². The lowest BCUT2D eigenvalue weighted by Crippen LogP contribution is -2.59. The molecule has 1 aromatic rings. The molecule has 2 amide bonds. The van der Waals surface area contributed by atoms with Gasteiger partial charge in [0.1, 0.15) is 0 Å². The van der Waals surface area contributed by atoms with Gasteiger partial charge in [-0.05, 0) is 37.9 Å². The van der Waals surface area contributed by atoms with E-state index in [1.165, 1.54) is 6.07 Å². The first-order valence-corrected chi connectivity index (χ1v) is 8.30. The normalized spacial score (nSPS) is 23.9. The van der Waals surface area contributed by atoms with Crippen LogP contribution in [0.4, 0.5) is 14.5 Å². The molecule has 0 aromatic heterocycles. The van der Waals surface area contributed by atoms with E-state index in [0.717, 1.165) is 44.5 Å². The van der Waals surface area contributed by atoms with Crippen LogP contribution in [0.15, 0.2) is 18.2 Å². The van der Waals surface area contributed by atoms with Crippen molar-refractivity contribution in [3.8, 4) is 0 Å². The van der Waals surface area contributed by atoms with Crippen LogP contribution >= 0.6 is 0 Å².